The molecule has 1 aromatic carbocycles. The van der Waals surface area contributed by atoms with E-state index in [1.54, 1.807) is 6.92 Å². The number of nitrogens with one attached hydrogen (secondary N) is 2. The fourth-order valence-electron chi connectivity index (χ4n) is 1.40. The van der Waals surface area contributed by atoms with E-state index >= 15 is 0 Å². The fourth-order valence-corrected chi connectivity index (χ4v) is 1.99. The highest BCUT2D eigenvalue weighted by molar-refractivity contribution is 7.89. The molecule has 0 aliphatic carbocycles. The number of carbonyl (C=O) groups is 1. The van der Waals surface area contributed by atoms with Crippen LogP contribution >= 0.6 is 0 Å². The molecule has 0 saturated heterocycles. The minimum absolute atomic E-state index is 0.103. The Balaban J connectivity index is 3.04. The van der Waals surface area contributed by atoms with Gasteiger partial charge in [0.15, 0.2) is 0 Å². The van der Waals surface area contributed by atoms with E-state index in [4.69, 9.17) is 10.9 Å². The van der Waals surface area contributed by atoms with E-state index in [9.17, 15) is 13.2 Å². The number of nitrogen functional groups attached to an aromatic ring is 1. The third-order valence-electron chi connectivity index (χ3n) is 2.28. The number of hydrogen-bond acceptors (Lipinski definition) is 5. The lowest BCUT2D eigenvalue weighted by Crippen LogP contribution is -2.35. The van der Waals surface area contributed by atoms with Crippen LogP contribution < -0.4 is 21.5 Å². The number of carbonyl (C=O) groups excluding carboxylic acids is 1. The molecule has 0 heterocycles. The predicted octanol–water partition coefficient (Wildman–Crippen LogP) is -0.537. The lowest BCUT2D eigenvalue weighted by Gasteiger charge is -2.14. The van der Waals surface area contributed by atoms with Crippen LogP contribution in [0.3, 0.4) is 0 Å². The van der Waals surface area contributed by atoms with E-state index in [-0.39, 0.29) is 16.5 Å². The zero-order chi connectivity index (χ0) is 13.9. The molecule has 0 bridgehead atoms. The highest BCUT2D eigenvalue weighted by atomic mass is 32.2. The molecule has 0 aliphatic heterocycles. The molecule has 6 N–H and O–H groups in total. The van der Waals surface area contributed by atoms with Gasteiger partial charge in [-0.05, 0) is 25.1 Å². The van der Waals surface area contributed by atoms with Crippen LogP contribution in [0.15, 0.2) is 23.1 Å². The van der Waals surface area contributed by atoms with Crippen LogP contribution in [-0.2, 0) is 14.8 Å². The molecule has 1 amide bonds. The van der Waals surface area contributed by atoms with Gasteiger partial charge in [-0.1, -0.05) is 0 Å². The molecule has 0 aliphatic rings. The van der Waals surface area contributed by atoms with E-state index in [0.717, 1.165) is 0 Å². The standard InChI is InChI=1S/C10H16N4O3S/c1-6(10(15)13-2)14-8-3-7(11)4-9(5-8)18(12,16)17/h3-6,14H,11H2,1-2H3,(H,13,15)(H2,12,16,17). The van der Waals surface area contributed by atoms with E-state index < -0.39 is 16.1 Å². The van der Waals surface area contributed by atoms with Crippen molar-refractivity contribution in [2.45, 2.75) is 17.9 Å². The minimum Gasteiger partial charge on any atom is -0.399 e. The molecule has 1 aromatic rings. The summed E-state index contributed by atoms with van der Waals surface area (Å²) in [5.41, 5.74) is 6.24. The van der Waals surface area contributed by atoms with Gasteiger partial charge in [-0.15, -0.1) is 0 Å². The highest BCUT2D eigenvalue weighted by Gasteiger charge is 2.14. The van der Waals surface area contributed by atoms with Crippen molar-refractivity contribution in [1.82, 2.24) is 5.32 Å². The van der Waals surface area contributed by atoms with E-state index in [0.29, 0.717) is 5.69 Å². The summed E-state index contributed by atoms with van der Waals surface area (Å²) in [6, 6.07) is 3.58. The second-order valence-corrected chi connectivity index (χ2v) is 5.38. The van der Waals surface area contributed by atoms with Gasteiger partial charge in [0, 0.05) is 18.4 Å². The Kier molecular flexibility index (Phi) is 4.15. The normalized spacial score (nSPS) is 12.8. The van der Waals surface area contributed by atoms with Crippen molar-refractivity contribution in [3.63, 3.8) is 0 Å². The quantitative estimate of drug-likeness (QED) is 0.547. The second kappa shape index (κ2) is 5.23. The molecule has 8 heteroatoms. The zero-order valence-corrected chi connectivity index (χ0v) is 10.9. The van der Waals surface area contributed by atoms with Crippen molar-refractivity contribution in [2.24, 2.45) is 5.14 Å². The second-order valence-electron chi connectivity index (χ2n) is 3.82. The monoisotopic (exact) mass is 272 g/mol. The molecule has 1 atom stereocenters. The lowest BCUT2D eigenvalue weighted by atomic mass is 10.2. The third-order valence-corrected chi connectivity index (χ3v) is 3.17. The number of rotatable bonds is 4. The van der Waals surface area contributed by atoms with Crippen molar-refractivity contribution < 1.29 is 13.2 Å². The minimum atomic E-state index is -3.83. The molecular formula is C10H16N4O3S. The zero-order valence-electron chi connectivity index (χ0n) is 10.1. The van der Waals surface area contributed by atoms with E-state index in [1.165, 1.54) is 25.2 Å². The van der Waals surface area contributed by atoms with Gasteiger partial charge in [0.05, 0.1) is 4.90 Å². The number of sulfonamides is 1. The molecule has 0 aromatic heterocycles. The van der Waals surface area contributed by atoms with Crippen LogP contribution in [-0.4, -0.2) is 27.4 Å². The maximum Gasteiger partial charge on any atom is 0.241 e. The van der Waals surface area contributed by atoms with Crippen LogP contribution in [0.5, 0.6) is 0 Å². The smallest absolute Gasteiger partial charge is 0.241 e. The first-order valence-electron chi connectivity index (χ1n) is 5.15. The van der Waals surface area contributed by atoms with E-state index in [2.05, 4.69) is 10.6 Å². The molecule has 7 nitrogen and oxygen atoms in total. The summed E-state index contributed by atoms with van der Waals surface area (Å²) >= 11 is 0. The number of hydrogen-bond donors (Lipinski definition) is 4. The summed E-state index contributed by atoms with van der Waals surface area (Å²) in [5.74, 6) is -0.227. The van der Waals surface area contributed by atoms with Crippen LogP contribution in [0.2, 0.25) is 0 Å². The molecule has 0 spiro atoms. The van der Waals surface area contributed by atoms with Gasteiger partial charge in [-0.2, -0.15) is 0 Å². The van der Waals surface area contributed by atoms with Gasteiger partial charge in [0.25, 0.3) is 0 Å². The van der Waals surface area contributed by atoms with Crippen LogP contribution in [0.4, 0.5) is 11.4 Å². The first-order chi connectivity index (χ1) is 8.24. The molecular weight excluding hydrogens is 256 g/mol. The van der Waals surface area contributed by atoms with Crippen LogP contribution in [0.25, 0.3) is 0 Å². The topological polar surface area (TPSA) is 127 Å². The lowest BCUT2D eigenvalue weighted by molar-refractivity contribution is -0.121. The Morgan fingerprint density at radius 2 is 1.94 bits per heavy atom. The maximum absolute atomic E-state index is 11.3. The Hall–Kier alpha value is -1.80. The summed E-state index contributed by atoms with van der Waals surface area (Å²) in [6.45, 7) is 1.64. The SMILES string of the molecule is CNC(=O)C(C)Nc1cc(N)cc(S(N)(=O)=O)c1. The fraction of sp³-hybridized carbons (Fsp3) is 0.300. The number of amides is 1. The third kappa shape index (κ3) is 3.60. The average molecular weight is 272 g/mol. The number of nitrogens with two attached hydrogens (primary N) is 2. The van der Waals surface area contributed by atoms with Crippen molar-refractivity contribution in [3.8, 4) is 0 Å². The summed E-state index contributed by atoms with van der Waals surface area (Å²) in [5, 5.41) is 10.3. The highest BCUT2D eigenvalue weighted by Crippen LogP contribution is 2.20. The maximum atomic E-state index is 11.3. The molecule has 1 unspecified atom stereocenters. The Morgan fingerprint density at radius 3 is 2.44 bits per heavy atom. The summed E-state index contributed by atoms with van der Waals surface area (Å²) in [7, 11) is -2.32. The van der Waals surface area contributed by atoms with Crippen LogP contribution in [0, 0.1) is 0 Å². The number of anilines is 2. The predicted molar refractivity (Wildman–Crippen MR) is 69.4 cm³/mol. The summed E-state index contributed by atoms with van der Waals surface area (Å²) in [6.07, 6.45) is 0. The van der Waals surface area contributed by atoms with Crippen molar-refractivity contribution >= 4 is 27.3 Å². The molecule has 0 radical (unpaired) electrons. The van der Waals surface area contributed by atoms with Gasteiger partial charge in [-0.25, -0.2) is 13.6 Å². The first-order valence-corrected chi connectivity index (χ1v) is 6.70. The van der Waals surface area contributed by atoms with Crippen molar-refractivity contribution in [2.75, 3.05) is 18.1 Å². The molecule has 18 heavy (non-hydrogen) atoms. The van der Waals surface area contributed by atoms with Gasteiger partial charge in [-0.3, -0.25) is 4.79 Å². The Labute approximate surface area is 106 Å². The Morgan fingerprint density at radius 1 is 1.33 bits per heavy atom. The van der Waals surface area contributed by atoms with Crippen molar-refractivity contribution in [1.29, 1.82) is 0 Å². The van der Waals surface area contributed by atoms with Gasteiger partial charge in [0.1, 0.15) is 6.04 Å². The molecule has 0 fully saturated rings. The van der Waals surface area contributed by atoms with Gasteiger partial charge < -0.3 is 16.4 Å². The van der Waals surface area contributed by atoms with Gasteiger partial charge in [0.2, 0.25) is 15.9 Å². The molecule has 1 rings (SSSR count). The summed E-state index contributed by atoms with van der Waals surface area (Å²) in [4.78, 5) is 11.2. The molecule has 100 valence electrons. The van der Waals surface area contributed by atoms with Crippen LogP contribution in [0.1, 0.15) is 6.92 Å². The number of primary sulfonamides is 1. The largest absolute Gasteiger partial charge is 0.399 e. The number of benzene rings is 1. The Bertz CT molecular complexity index is 556. The average Bonchev–Trinajstić information content (AvgIpc) is 2.25. The molecule has 0 saturated carbocycles. The van der Waals surface area contributed by atoms with Crippen molar-refractivity contribution in [3.05, 3.63) is 18.2 Å². The van der Waals surface area contributed by atoms with E-state index in [1.807, 2.05) is 0 Å². The summed E-state index contributed by atoms with van der Waals surface area (Å²) < 4.78 is 22.5. The first kappa shape index (κ1) is 14.3. The number of likely N-dealkylation sites (N-methyl/N-ethyl adjacent to an activating group) is 1. The van der Waals surface area contributed by atoms with Gasteiger partial charge >= 0.3 is 0 Å².